The van der Waals surface area contributed by atoms with E-state index >= 15 is 0 Å². The Balaban J connectivity index is 2.56. The Labute approximate surface area is 97.7 Å². The van der Waals surface area contributed by atoms with E-state index in [1.807, 2.05) is 13.0 Å². The van der Waals surface area contributed by atoms with Crippen molar-refractivity contribution in [1.29, 1.82) is 0 Å². The molecule has 0 aliphatic rings. The van der Waals surface area contributed by atoms with E-state index in [0.717, 1.165) is 31.4 Å². The molecule has 0 unspecified atom stereocenters. The molecule has 0 fully saturated rings. The Kier molecular flexibility index (Phi) is 4.99. The van der Waals surface area contributed by atoms with Crippen molar-refractivity contribution < 1.29 is 0 Å². The summed E-state index contributed by atoms with van der Waals surface area (Å²) in [7, 11) is 0. The summed E-state index contributed by atoms with van der Waals surface area (Å²) in [6.45, 7) is 4.14. The van der Waals surface area contributed by atoms with Gasteiger partial charge in [-0.25, -0.2) is 0 Å². The minimum Gasteiger partial charge on any atom is -0.760 e. The molecule has 84 valence electrons. The molecule has 1 atom stereocenters. The van der Waals surface area contributed by atoms with Gasteiger partial charge in [0.05, 0.1) is 0 Å². The Morgan fingerprint density at radius 2 is 2.20 bits per heavy atom. The lowest BCUT2D eigenvalue weighted by atomic mass is 10.1. The molecule has 2 N–H and O–H groups in total. The highest BCUT2D eigenvalue weighted by Gasteiger charge is 1.98. The van der Waals surface area contributed by atoms with E-state index in [0.29, 0.717) is 11.1 Å². The SMILES string of the molecule is CCc1cc(CCC[C@H](C)N)cc([S-])n1. The zero-order valence-corrected chi connectivity index (χ0v) is 10.3. The van der Waals surface area contributed by atoms with E-state index in [2.05, 4.69) is 18.0 Å². The molecule has 0 aliphatic carbocycles. The molecule has 0 radical (unpaired) electrons. The van der Waals surface area contributed by atoms with E-state index in [-0.39, 0.29) is 0 Å². The molecule has 1 rings (SSSR count). The van der Waals surface area contributed by atoms with E-state index < -0.39 is 0 Å². The first-order valence-corrected chi connectivity index (χ1v) is 5.95. The Morgan fingerprint density at radius 3 is 2.80 bits per heavy atom. The second-order valence-corrected chi connectivity index (χ2v) is 4.45. The highest BCUT2D eigenvalue weighted by molar-refractivity contribution is 7.58. The highest BCUT2D eigenvalue weighted by Crippen LogP contribution is 2.10. The van der Waals surface area contributed by atoms with Crippen LogP contribution in [0.1, 0.15) is 37.9 Å². The number of rotatable bonds is 5. The Morgan fingerprint density at radius 1 is 1.47 bits per heavy atom. The lowest BCUT2D eigenvalue weighted by Crippen LogP contribution is -2.14. The topological polar surface area (TPSA) is 38.9 Å². The van der Waals surface area contributed by atoms with Crippen LogP contribution in [0.4, 0.5) is 0 Å². The first-order valence-electron chi connectivity index (χ1n) is 5.54. The van der Waals surface area contributed by atoms with Crippen molar-refractivity contribution in [2.75, 3.05) is 0 Å². The van der Waals surface area contributed by atoms with Crippen LogP contribution < -0.4 is 5.73 Å². The molecule has 0 saturated heterocycles. The molecule has 15 heavy (non-hydrogen) atoms. The van der Waals surface area contributed by atoms with Crippen molar-refractivity contribution in [1.82, 2.24) is 4.98 Å². The molecule has 1 aromatic heterocycles. The van der Waals surface area contributed by atoms with Gasteiger partial charge in [-0.15, -0.1) is 0 Å². The molecule has 0 amide bonds. The van der Waals surface area contributed by atoms with Gasteiger partial charge < -0.3 is 18.4 Å². The number of pyridine rings is 1. The number of hydrogen-bond acceptors (Lipinski definition) is 3. The quantitative estimate of drug-likeness (QED) is 0.778. The monoisotopic (exact) mass is 223 g/mol. The van der Waals surface area contributed by atoms with Crippen LogP contribution in [0.5, 0.6) is 0 Å². The zero-order valence-electron chi connectivity index (χ0n) is 9.49. The van der Waals surface area contributed by atoms with Gasteiger partial charge in [0.25, 0.3) is 0 Å². The number of nitrogens with two attached hydrogens (primary N) is 1. The van der Waals surface area contributed by atoms with Gasteiger partial charge in [-0.2, -0.15) is 0 Å². The molecular formula is C12H19N2S-. The summed E-state index contributed by atoms with van der Waals surface area (Å²) < 4.78 is 0. The average molecular weight is 223 g/mol. The zero-order chi connectivity index (χ0) is 11.3. The van der Waals surface area contributed by atoms with E-state index in [1.54, 1.807) is 0 Å². The summed E-state index contributed by atoms with van der Waals surface area (Å²) in [5.74, 6) is 0. The Hall–Kier alpha value is -0.670. The highest BCUT2D eigenvalue weighted by atomic mass is 32.1. The van der Waals surface area contributed by atoms with Gasteiger partial charge in [-0.3, -0.25) is 4.98 Å². The fourth-order valence-corrected chi connectivity index (χ4v) is 1.84. The van der Waals surface area contributed by atoms with Gasteiger partial charge in [-0.1, -0.05) is 18.0 Å². The molecule has 0 spiro atoms. The standard InChI is InChI=1S/C12H20N2S/c1-3-11-7-10(8-12(15)14-11)6-4-5-9(2)13/h7-9H,3-6,13H2,1-2H3,(H,14,15)/p-1/t9-/m0/s1. The predicted octanol–water partition coefficient (Wildman–Crippen LogP) is 2.22. The second-order valence-electron chi connectivity index (χ2n) is 4.03. The van der Waals surface area contributed by atoms with Crippen LogP contribution in [-0.2, 0) is 25.5 Å². The minimum absolute atomic E-state index is 0.292. The fraction of sp³-hybridized carbons (Fsp3) is 0.583. The van der Waals surface area contributed by atoms with Crippen LogP contribution >= 0.6 is 0 Å². The van der Waals surface area contributed by atoms with Crippen LogP contribution in [-0.4, -0.2) is 11.0 Å². The molecule has 3 heteroatoms. The first kappa shape index (κ1) is 12.4. The summed E-state index contributed by atoms with van der Waals surface area (Å²) in [6, 6.07) is 4.44. The molecular weight excluding hydrogens is 204 g/mol. The first-order chi connectivity index (χ1) is 7.11. The predicted molar refractivity (Wildman–Crippen MR) is 65.8 cm³/mol. The van der Waals surface area contributed by atoms with Crippen LogP contribution in [0, 0.1) is 0 Å². The van der Waals surface area contributed by atoms with Crippen molar-refractivity contribution in [3.63, 3.8) is 0 Å². The van der Waals surface area contributed by atoms with E-state index in [9.17, 15) is 0 Å². The maximum Gasteiger partial charge on any atom is 0.0385 e. The van der Waals surface area contributed by atoms with Crippen LogP contribution in [0.2, 0.25) is 0 Å². The van der Waals surface area contributed by atoms with Gasteiger partial charge in [-0.05, 0) is 44.2 Å². The van der Waals surface area contributed by atoms with Gasteiger partial charge in [0.2, 0.25) is 0 Å². The van der Waals surface area contributed by atoms with Gasteiger partial charge in [0, 0.05) is 11.7 Å². The van der Waals surface area contributed by atoms with Gasteiger partial charge in [0.15, 0.2) is 0 Å². The summed E-state index contributed by atoms with van der Waals surface area (Å²) in [6.07, 6.45) is 4.20. The van der Waals surface area contributed by atoms with E-state index in [1.165, 1.54) is 5.56 Å². The molecule has 0 aliphatic heterocycles. The number of nitrogens with zero attached hydrogens (tertiary/aromatic N) is 1. The summed E-state index contributed by atoms with van der Waals surface area (Å²) >= 11 is 5.12. The van der Waals surface area contributed by atoms with Crippen LogP contribution in [0.3, 0.4) is 0 Å². The maximum absolute atomic E-state index is 5.71. The fourth-order valence-electron chi connectivity index (χ4n) is 1.57. The van der Waals surface area contributed by atoms with E-state index in [4.69, 9.17) is 18.4 Å². The third-order valence-corrected chi connectivity index (χ3v) is 2.61. The van der Waals surface area contributed by atoms with Crippen molar-refractivity contribution in [3.05, 3.63) is 23.4 Å². The number of aryl methyl sites for hydroxylation is 2. The van der Waals surface area contributed by atoms with Crippen LogP contribution in [0.25, 0.3) is 0 Å². The number of hydrogen-bond donors (Lipinski definition) is 1. The second kappa shape index (κ2) is 6.03. The largest absolute Gasteiger partial charge is 0.760 e. The maximum atomic E-state index is 5.71. The van der Waals surface area contributed by atoms with Crippen molar-refractivity contribution in [2.24, 2.45) is 5.73 Å². The van der Waals surface area contributed by atoms with Crippen molar-refractivity contribution >= 4 is 12.6 Å². The average Bonchev–Trinajstić information content (AvgIpc) is 2.16. The summed E-state index contributed by atoms with van der Waals surface area (Å²) in [5, 5.41) is 0.713. The molecule has 0 bridgehead atoms. The minimum atomic E-state index is 0.292. The normalized spacial score (nSPS) is 12.7. The molecule has 1 heterocycles. The Bertz CT molecular complexity index is 310. The third-order valence-electron chi connectivity index (χ3n) is 2.40. The molecule has 2 nitrogen and oxygen atoms in total. The molecule has 0 saturated carbocycles. The number of aromatic nitrogens is 1. The molecule has 0 aromatic carbocycles. The van der Waals surface area contributed by atoms with Gasteiger partial charge >= 0.3 is 0 Å². The summed E-state index contributed by atoms with van der Waals surface area (Å²) in [4.78, 5) is 4.29. The lowest BCUT2D eigenvalue weighted by Gasteiger charge is -2.11. The summed E-state index contributed by atoms with van der Waals surface area (Å²) in [5.41, 5.74) is 8.10. The van der Waals surface area contributed by atoms with Crippen molar-refractivity contribution in [2.45, 2.75) is 50.6 Å². The van der Waals surface area contributed by atoms with Crippen LogP contribution in [0.15, 0.2) is 17.2 Å². The smallest absolute Gasteiger partial charge is 0.0385 e. The van der Waals surface area contributed by atoms with Crippen molar-refractivity contribution in [3.8, 4) is 0 Å². The molecule has 1 aromatic rings. The third kappa shape index (κ3) is 4.58. The van der Waals surface area contributed by atoms with Gasteiger partial charge in [0.1, 0.15) is 0 Å². The lowest BCUT2D eigenvalue weighted by molar-refractivity contribution is 0.623.